The van der Waals surface area contributed by atoms with Gasteiger partial charge in [0.1, 0.15) is 17.1 Å². The van der Waals surface area contributed by atoms with E-state index in [1.54, 1.807) is 10.7 Å². The van der Waals surface area contributed by atoms with Crippen molar-refractivity contribution in [2.45, 2.75) is 51.3 Å². The van der Waals surface area contributed by atoms with Crippen LogP contribution in [0.3, 0.4) is 0 Å². The second-order valence-corrected chi connectivity index (χ2v) is 8.59. The number of carbonyl (C=O) groups excluding carboxylic acids is 2. The van der Waals surface area contributed by atoms with Crippen molar-refractivity contribution in [1.29, 1.82) is 0 Å². The van der Waals surface area contributed by atoms with Crippen molar-refractivity contribution in [3.8, 4) is 11.3 Å². The van der Waals surface area contributed by atoms with E-state index in [1.807, 2.05) is 49.4 Å². The number of carbonyl (C=O) groups is 2. The molecular formula is C25H29N5O3. The van der Waals surface area contributed by atoms with E-state index < -0.39 is 12.0 Å². The van der Waals surface area contributed by atoms with Crippen LogP contribution in [0.25, 0.3) is 11.3 Å². The van der Waals surface area contributed by atoms with Crippen molar-refractivity contribution in [2.24, 2.45) is 5.73 Å². The lowest BCUT2D eigenvalue weighted by Gasteiger charge is -2.26. The Morgan fingerprint density at radius 2 is 1.88 bits per heavy atom. The number of nitrogen functional groups attached to an aromatic ring is 1. The van der Waals surface area contributed by atoms with Gasteiger partial charge in [-0.2, -0.15) is 5.10 Å². The van der Waals surface area contributed by atoms with Crippen LogP contribution in [0.1, 0.15) is 63.6 Å². The highest BCUT2D eigenvalue weighted by Crippen LogP contribution is 2.34. The summed E-state index contributed by atoms with van der Waals surface area (Å²) in [6.07, 6.45) is 2.61. The Kier molecular flexibility index (Phi) is 6.46. The minimum atomic E-state index is -0.639. The van der Waals surface area contributed by atoms with Crippen LogP contribution in [-0.2, 0) is 6.54 Å². The quantitative estimate of drug-likeness (QED) is 0.461. The van der Waals surface area contributed by atoms with Crippen LogP contribution in [0.2, 0.25) is 0 Å². The number of aromatic nitrogens is 2. The number of anilines is 1. The van der Waals surface area contributed by atoms with Crippen LogP contribution >= 0.6 is 0 Å². The summed E-state index contributed by atoms with van der Waals surface area (Å²) in [7, 11) is 0. The first kappa shape index (κ1) is 22.5. The molecule has 0 saturated heterocycles. The van der Waals surface area contributed by atoms with Gasteiger partial charge in [-0.25, -0.2) is 4.68 Å². The number of hydrogen-bond donors (Lipinski definition) is 4. The molecule has 2 unspecified atom stereocenters. The Bertz CT molecular complexity index is 1170. The second-order valence-electron chi connectivity index (χ2n) is 8.59. The van der Waals surface area contributed by atoms with Crippen molar-refractivity contribution >= 4 is 17.6 Å². The molecule has 0 aliphatic heterocycles. The van der Waals surface area contributed by atoms with Crippen LogP contribution in [-0.4, -0.2) is 32.8 Å². The molecule has 0 radical (unpaired) electrons. The van der Waals surface area contributed by atoms with Gasteiger partial charge in [0.05, 0.1) is 12.1 Å². The predicted molar refractivity (Wildman–Crippen MR) is 126 cm³/mol. The van der Waals surface area contributed by atoms with Crippen LogP contribution in [0.4, 0.5) is 5.82 Å². The van der Waals surface area contributed by atoms with Gasteiger partial charge in [0.25, 0.3) is 11.8 Å². The van der Waals surface area contributed by atoms with E-state index in [1.165, 1.54) is 0 Å². The van der Waals surface area contributed by atoms with Crippen molar-refractivity contribution in [3.05, 3.63) is 70.8 Å². The minimum Gasteiger partial charge on any atom is -0.393 e. The van der Waals surface area contributed by atoms with Crippen molar-refractivity contribution < 1.29 is 14.7 Å². The largest absolute Gasteiger partial charge is 0.393 e. The zero-order valence-electron chi connectivity index (χ0n) is 18.6. The monoisotopic (exact) mass is 447 g/mol. The molecule has 1 aromatic heterocycles. The molecule has 0 bridgehead atoms. The Morgan fingerprint density at radius 3 is 2.55 bits per heavy atom. The number of nitrogens with zero attached hydrogens (tertiary/aromatic N) is 2. The maximum Gasteiger partial charge on any atom is 0.254 e. The van der Waals surface area contributed by atoms with Gasteiger partial charge in [0, 0.05) is 17.7 Å². The summed E-state index contributed by atoms with van der Waals surface area (Å²) < 4.78 is 1.63. The van der Waals surface area contributed by atoms with Gasteiger partial charge in [-0.05, 0) is 49.8 Å². The summed E-state index contributed by atoms with van der Waals surface area (Å²) in [4.78, 5) is 24.6. The van der Waals surface area contributed by atoms with E-state index in [0.717, 1.165) is 30.4 Å². The molecule has 1 fully saturated rings. The second kappa shape index (κ2) is 9.46. The van der Waals surface area contributed by atoms with Gasteiger partial charge in [0.15, 0.2) is 0 Å². The first-order valence-electron chi connectivity index (χ1n) is 11.1. The number of aliphatic hydroxyl groups is 1. The standard InChI is InChI=1S/C25H29N5O3/c1-15-5-2-3-8-20(15)25(33)28-14-16-9-11-17(12-10-16)22-21(24(27)32)23(26)30(29-22)18-6-4-7-19(31)13-18/h2-3,5,8-12,18-19,31H,4,6-7,13-14,26H2,1H3,(H2,27,32)(H,28,33). The van der Waals surface area contributed by atoms with Gasteiger partial charge < -0.3 is 21.9 Å². The van der Waals surface area contributed by atoms with E-state index in [-0.39, 0.29) is 23.3 Å². The molecular weight excluding hydrogens is 418 g/mol. The van der Waals surface area contributed by atoms with E-state index in [9.17, 15) is 14.7 Å². The molecule has 8 nitrogen and oxygen atoms in total. The molecule has 1 aliphatic carbocycles. The Morgan fingerprint density at radius 1 is 1.15 bits per heavy atom. The highest BCUT2D eigenvalue weighted by molar-refractivity contribution is 6.03. The Hall–Kier alpha value is -3.65. The number of nitrogens with two attached hydrogens (primary N) is 2. The van der Waals surface area contributed by atoms with Crippen LogP contribution in [0, 0.1) is 6.92 Å². The zero-order valence-corrected chi connectivity index (χ0v) is 18.6. The summed E-state index contributed by atoms with van der Waals surface area (Å²) in [5, 5.41) is 17.6. The molecule has 0 spiro atoms. The normalized spacial score (nSPS) is 18.1. The van der Waals surface area contributed by atoms with E-state index in [0.29, 0.717) is 29.8 Å². The molecule has 6 N–H and O–H groups in total. The molecule has 3 aromatic rings. The number of benzene rings is 2. The van der Waals surface area contributed by atoms with Gasteiger partial charge in [-0.1, -0.05) is 42.5 Å². The maximum atomic E-state index is 12.5. The molecule has 172 valence electrons. The van der Waals surface area contributed by atoms with Crippen molar-refractivity contribution in [3.63, 3.8) is 0 Å². The summed E-state index contributed by atoms with van der Waals surface area (Å²) in [5.41, 5.74) is 15.7. The van der Waals surface area contributed by atoms with E-state index in [2.05, 4.69) is 10.4 Å². The van der Waals surface area contributed by atoms with Gasteiger partial charge in [0.2, 0.25) is 0 Å². The third-order valence-electron chi connectivity index (χ3n) is 6.23. The molecule has 8 heteroatoms. The first-order chi connectivity index (χ1) is 15.8. The number of primary amides is 1. The zero-order chi connectivity index (χ0) is 23.5. The Balaban J connectivity index is 1.53. The molecule has 1 saturated carbocycles. The lowest BCUT2D eigenvalue weighted by molar-refractivity contribution is 0.0948. The third kappa shape index (κ3) is 4.75. The highest BCUT2D eigenvalue weighted by atomic mass is 16.3. The lowest BCUT2D eigenvalue weighted by Crippen LogP contribution is -2.24. The van der Waals surface area contributed by atoms with Gasteiger partial charge in [-0.15, -0.1) is 0 Å². The summed E-state index contributed by atoms with van der Waals surface area (Å²) >= 11 is 0. The average molecular weight is 448 g/mol. The maximum absolute atomic E-state index is 12.5. The summed E-state index contributed by atoms with van der Waals surface area (Å²) in [5.74, 6) is -0.541. The highest BCUT2D eigenvalue weighted by Gasteiger charge is 2.28. The van der Waals surface area contributed by atoms with E-state index in [4.69, 9.17) is 11.5 Å². The van der Waals surface area contributed by atoms with Gasteiger partial charge >= 0.3 is 0 Å². The van der Waals surface area contributed by atoms with Crippen LogP contribution in [0.15, 0.2) is 48.5 Å². The molecule has 2 aromatic carbocycles. The SMILES string of the molecule is Cc1ccccc1C(=O)NCc1ccc(-c2nn(C3CCCC(O)C3)c(N)c2C(N)=O)cc1. The predicted octanol–water partition coefficient (Wildman–Crippen LogP) is 2.95. The molecule has 4 rings (SSSR count). The minimum absolute atomic E-state index is 0.0727. The molecule has 1 aliphatic rings. The first-order valence-corrected chi connectivity index (χ1v) is 11.1. The van der Waals surface area contributed by atoms with Gasteiger partial charge in [-0.3, -0.25) is 9.59 Å². The number of aliphatic hydroxyl groups excluding tert-OH is 1. The number of rotatable bonds is 6. The molecule has 2 amide bonds. The van der Waals surface area contributed by atoms with Crippen molar-refractivity contribution in [1.82, 2.24) is 15.1 Å². The fourth-order valence-corrected chi connectivity index (χ4v) is 4.42. The molecule has 1 heterocycles. The fraction of sp³-hybridized carbons (Fsp3) is 0.320. The summed E-state index contributed by atoms with van der Waals surface area (Å²) in [6, 6.07) is 14.8. The lowest BCUT2D eigenvalue weighted by atomic mass is 9.93. The fourth-order valence-electron chi connectivity index (χ4n) is 4.42. The van der Waals surface area contributed by atoms with Crippen LogP contribution in [0.5, 0.6) is 0 Å². The third-order valence-corrected chi connectivity index (χ3v) is 6.23. The smallest absolute Gasteiger partial charge is 0.254 e. The van der Waals surface area contributed by atoms with E-state index >= 15 is 0 Å². The van der Waals surface area contributed by atoms with Crippen LogP contribution < -0.4 is 16.8 Å². The molecule has 33 heavy (non-hydrogen) atoms. The Labute approximate surface area is 192 Å². The number of amides is 2. The molecule has 2 atom stereocenters. The average Bonchev–Trinajstić information content (AvgIpc) is 3.15. The summed E-state index contributed by atoms with van der Waals surface area (Å²) in [6.45, 7) is 2.27. The topological polar surface area (TPSA) is 136 Å². The number of aryl methyl sites for hydroxylation is 1. The van der Waals surface area contributed by atoms with Crippen molar-refractivity contribution in [2.75, 3.05) is 5.73 Å². The number of nitrogens with one attached hydrogen (secondary N) is 1. The number of hydrogen-bond acceptors (Lipinski definition) is 5.